The molecule has 156 valence electrons. The Labute approximate surface area is 174 Å². The molecule has 2 aromatic carbocycles. The first-order valence-electron chi connectivity index (χ1n) is 9.36. The van der Waals surface area contributed by atoms with Gasteiger partial charge in [-0.2, -0.15) is 8.42 Å². The molecule has 0 spiro atoms. The van der Waals surface area contributed by atoms with E-state index in [9.17, 15) is 13.2 Å². The van der Waals surface area contributed by atoms with Crippen molar-refractivity contribution in [2.75, 3.05) is 13.4 Å². The smallest absolute Gasteiger partial charge is 0.306 e. The number of fused-ring (bicyclic) bond motifs is 2. The average Bonchev–Trinajstić information content (AvgIpc) is 3.21. The minimum atomic E-state index is -3.69. The van der Waals surface area contributed by atoms with Crippen LogP contribution in [0.2, 0.25) is 0 Å². The van der Waals surface area contributed by atoms with Crippen LogP contribution in [0.5, 0.6) is 17.2 Å². The van der Waals surface area contributed by atoms with Gasteiger partial charge < -0.3 is 18.2 Å². The topological polar surface area (TPSA) is 83.8 Å². The number of hydrogen-bond donors (Lipinski definition) is 0. The monoisotopic (exact) mass is 427 g/mol. The Kier molecular flexibility index (Phi) is 4.82. The molecule has 30 heavy (non-hydrogen) atoms. The van der Waals surface area contributed by atoms with Crippen LogP contribution in [-0.4, -0.2) is 32.1 Å². The summed E-state index contributed by atoms with van der Waals surface area (Å²) in [5.41, 5.74) is 2.67. The van der Waals surface area contributed by atoms with Crippen molar-refractivity contribution in [1.29, 1.82) is 0 Å². The molecule has 0 amide bonds. The van der Waals surface area contributed by atoms with Gasteiger partial charge in [0.2, 0.25) is 5.78 Å². The molecule has 1 aliphatic heterocycles. The van der Waals surface area contributed by atoms with Gasteiger partial charge in [-0.25, -0.2) is 0 Å². The summed E-state index contributed by atoms with van der Waals surface area (Å²) in [5, 5.41) is 0.939. The van der Waals surface area contributed by atoms with Gasteiger partial charge in [-0.1, -0.05) is 0 Å². The van der Waals surface area contributed by atoms with Gasteiger partial charge in [0.1, 0.15) is 17.2 Å². The molecule has 0 saturated carbocycles. The number of Topliss-reactive ketones (excluding diaryl/α,β-unsaturated/α-hetero) is 1. The van der Waals surface area contributed by atoms with E-state index in [1.54, 1.807) is 20.1 Å². The van der Waals surface area contributed by atoms with Gasteiger partial charge >= 0.3 is 10.1 Å². The maximum absolute atomic E-state index is 12.9. The highest BCUT2D eigenvalue weighted by Gasteiger charge is 2.31. The molecule has 0 aliphatic carbocycles. The lowest BCUT2D eigenvalue weighted by Gasteiger charge is -2.09. The maximum atomic E-state index is 12.9. The van der Waals surface area contributed by atoms with E-state index >= 15 is 0 Å². The standard InChI is InChI=1S/C22H21NO6S/c1-5-23-12-14(17-11-15(27-3)6-8-18(17)23)10-20-21(24)16-7-9-19(29-30(4,25)26)13(2)22(16)28-20/h6-12H,5H2,1-4H3. The van der Waals surface area contributed by atoms with Gasteiger partial charge in [0.25, 0.3) is 0 Å². The molecule has 1 aliphatic rings. The van der Waals surface area contributed by atoms with E-state index in [1.165, 1.54) is 12.1 Å². The molecule has 1 aromatic heterocycles. The second kappa shape index (κ2) is 7.21. The summed E-state index contributed by atoms with van der Waals surface area (Å²) in [5.74, 6) is 1.07. The van der Waals surface area contributed by atoms with Gasteiger partial charge in [0.15, 0.2) is 5.76 Å². The molecule has 0 radical (unpaired) electrons. The van der Waals surface area contributed by atoms with Crippen molar-refractivity contribution in [3.8, 4) is 17.2 Å². The van der Waals surface area contributed by atoms with Gasteiger partial charge in [0.05, 0.1) is 18.9 Å². The molecule has 8 heteroatoms. The van der Waals surface area contributed by atoms with E-state index in [0.29, 0.717) is 16.9 Å². The first-order chi connectivity index (χ1) is 14.2. The minimum absolute atomic E-state index is 0.137. The van der Waals surface area contributed by atoms with Gasteiger partial charge in [-0.15, -0.1) is 0 Å². The fourth-order valence-corrected chi connectivity index (χ4v) is 4.08. The molecule has 3 aromatic rings. The third-order valence-corrected chi connectivity index (χ3v) is 5.51. The maximum Gasteiger partial charge on any atom is 0.306 e. The van der Waals surface area contributed by atoms with Gasteiger partial charge in [0, 0.05) is 34.8 Å². The quantitative estimate of drug-likeness (QED) is 0.453. The molecule has 2 heterocycles. The first-order valence-corrected chi connectivity index (χ1v) is 11.2. The number of carbonyl (C=O) groups is 1. The number of methoxy groups -OCH3 is 1. The zero-order valence-corrected chi connectivity index (χ0v) is 17.9. The minimum Gasteiger partial charge on any atom is -0.497 e. The zero-order chi connectivity index (χ0) is 21.6. The Balaban J connectivity index is 1.78. The number of aryl methyl sites for hydroxylation is 1. The van der Waals surface area contributed by atoms with E-state index in [4.69, 9.17) is 13.7 Å². The highest BCUT2D eigenvalue weighted by Crippen LogP contribution is 2.40. The summed E-state index contributed by atoms with van der Waals surface area (Å²) in [6.07, 6.45) is 4.63. The predicted molar refractivity (Wildman–Crippen MR) is 114 cm³/mol. The fourth-order valence-electron chi connectivity index (χ4n) is 3.57. The van der Waals surface area contributed by atoms with E-state index in [1.807, 2.05) is 31.3 Å². The summed E-state index contributed by atoms with van der Waals surface area (Å²) in [6, 6.07) is 8.78. The van der Waals surface area contributed by atoms with Gasteiger partial charge in [-0.05, 0) is 50.3 Å². The number of benzene rings is 2. The van der Waals surface area contributed by atoms with Crippen molar-refractivity contribution in [3.05, 3.63) is 59.0 Å². The summed E-state index contributed by atoms with van der Waals surface area (Å²) in [7, 11) is -2.09. The molecular weight excluding hydrogens is 406 g/mol. The van der Waals surface area contributed by atoms with Crippen LogP contribution >= 0.6 is 0 Å². The third kappa shape index (κ3) is 3.43. The molecule has 0 saturated heterocycles. The lowest BCUT2D eigenvalue weighted by Crippen LogP contribution is -2.07. The Morgan fingerprint density at radius 1 is 1.20 bits per heavy atom. The van der Waals surface area contributed by atoms with Crippen molar-refractivity contribution >= 4 is 32.9 Å². The number of nitrogens with zero attached hydrogens (tertiary/aromatic N) is 1. The average molecular weight is 427 g/mol. The van der Waals surface area contributed by atoms with Crippen molar-refractivity contribution in [2.45, 2.75) is 20.4 Å². The van der Waals surface area contributed by atoms with Crippen LogP contribution in [0, 0.1) is 6.92 Å². The Hall–Kier alpha value is -3.26. The number of aromatic nitrogens is 1. The van der Waals surface area contributed by atoms with Crippen LogP contribution in [0.1, 0.15) is 28.4 Å². The highest BCUT2D eigenvalue weighted by atomic mass is 32.2. The lowest BCUT2D eigenvalue weighted by atomic mass is 10.1. The zero-order valence-electron chi connectivity index (χ0n) is 17.1. The van der Waals surface area contributed by atoms with Crippen molar-refractivity contribution < 1.29 is 26.9 Å². The van der Waals surface area contributed by atoms with E-state index in [2.05, 4.69) is 4.57 Å². The molecule has 0 bridgehead atoms. The summed E-state index contributed by atoms with van der Waals surface area (Å²) in [4.78, 5) is 12.9. The normalized spacial score (nSPS) is 14.8. The summed E-state index contributed by atoms with van der Waals surface area (Å²) < 4.78 is 41.2. The molecule has 0 fully saturated rings. The van der Waals surface area contributed by atoms with Crippen LogP contribution in [-0.2, 0) is 16.7 Å². The molecule has 0 N–H and O–H groups in total. The van der Waals surface area contributed by atoms with Crippen LogP contribution in [0.4, 0.5) is 0 Å². The number of ketones is 1. The largest absolute Gasteiger partial charge is 0.497 e. The van der Waals surface area contributed by atoms with Crippen molar-refractivity contribution in [3.63, 3.8) is 0 Å². The highest BCUT2D eigenvalue weighted by molar-refractivity contribution is 7.86. The van der Waals surface area contributed by atoms with Crippen LogP contribution in [0.15, 0.2) is 42.3 Å². The number of allylic oxidation sites excluding steroid dienone is 1. The molecule has 4 rings (SSSR count). The molecule has 0 atom stereocenters. The van der Waals surface area contributed by atoms with Crippen LogP contribution in [0.3, 0.4) is 0 Å². The number of hydrogen-bond acceptors (Lipinski definition) is 6. The fraction of sp³-hybridized carbons (Fsp3) is 0.227. The van der Waals surface area contributed by atoms with E-state index in [-0.39, 0.29) is 17.3 Å². The second-order valence-electron chi connectivity index (χ2n) is 7.05. The first kappa shape index (κ1) is 20.0. The Bertz CT molecular complexity index is 1320. The van der Waals surface area contributed by atoms with Crippen LogP contribution in [0.25, 0.3) is 17.0 Å². The molecular formula is C22H21NO6S. The van der Waals surface area contributed by atoms with Crippen molar-refractivity contribution in [2.24, 2.45) is 0 Å². The van der Waals surface area contributed by atoms with Crippen molar-refractivity contribution in [1.82, 2.24) is 4.57 Å². The van der Waals surface area contributed by atoms with Crippen LogP contribution < -0.4 is 13.7 Å². The predicted octanol–water partition coefficient (Wildman–Crippen LogP) is 3.93. The number of carbonyl (C=O) groups excluding carboxylic acids is 1. The summed E-state index contributed by atoms with van der Waals surface area (Å²) in [6.45, 7) is 4.47. The molecule has 0 unspecified atom stereocenters. The third-order valence-electron chi connectivity index (χ3n) is 5.02. The Morgan fingerprint density at radius 3 is 2.63 bits per heavy atom. The SMILES string of the molecule is CCn1cc(C=C2Oc3c(ccc(OS(C)(=O)=O)c3C)C2=O)c2cc(OC)ccc21. The van der Waals surface area contributed by atoms with Gasteiger partial charge in [-0.3, -0.25) is 4.79 Å². The molecule has 7 nitrogen and oxygen atoms in total. The summed E-state index contributed by atoms with van der Waals surface area (Å²) >= 11 is 0. The second-order valence-corrected chi connectivity index (χ2v) is 8.62. The number of ether oxygens (including phenoxy) is 2. The lowest BCUT2D eigenvalue weighted by molar-refractivity contribution is 0.101. The van der Waals surface area contributed by atoms with E-state index < -0.39 is 10.1 Å². The Morgan fingerprint density at radius 2 is 1.97 bits per heavy atom. The number of rotatable bonds is 5. The van der Waals surface area contributed by atoms with E-state index in [0.717, 1.165) is 35.0 Å².